The van der Waals surface area contributed by atoms with Crippen LogP contribution in [0.25, 0.3) is 11.0 Å². The van der Waals surface area contributed by atoms with Crippen molar-refractivity contribution < 1.29 is 18.7 Å². The van der Waals surface area contributed by atoms with Gasteiger partial charge in [-0.1, -0.05) is 25.3 Å². The number of carbonyl (C=O) groups is 1. The summed E-state index contributed by atoms with van der Waals surface area (Å²) in [5.74, 6) is 0.882. The predicted molar refractivity (Wildman–Crippen MR) is 139 cm³/mol. The highest BCUT2D eigenvalue weighted by molar-refractivity contribution is 5.95. The number of hydrogen-bond donors (Lipinski definition) is 0. The smallest absolute Gasteiger partial charge is 0.414 e. The van der Waals surface area contributed by atoms with Gasteiger partial charge in [-0.25, -0.2) is 14.2 Å². The molecular formula is C29H36FN3O3. The number of ether oxygens (including phenoxy) is 2. The van der Waals surface area contributed by atoms with E-state index in [0.29, 0.717) is 12.5 Å². The van der Waals surface area contributed by atoms with Gasteiger partial charge in [0, 0.05) is 24.1 Å². The number of imidazole rings is 1. The van der Waals surface area contributed by atoms with Crippen LogP contribution in [0.15, 0.2) is 30.3 Å². The van der Waals surface area contributed by atoms with E-state index in [4.69, 9.17) is 14.5 Å². The maximum atomic E-state index is 14.8. The molecule has 5 rings (SSSR count). The largest absolute Gasteiger partial charge is 0.488 e. The van der Waals surface area contributed by atoms with Gasteiger partial charge in [-0.15, -0.1) is 0 Å². The number of aryl methyl sites for hydroxylation is 1. The summed E-state index contributed by atoms with van der Waals surface area (Å²) in [6.07, 6.45) is 7.75. The molecule has 0 spiro atoms. The minimum Gasteiger partial charge on any atom is -0.488 e. The van der Waals surface area contributed by atoms with Crippen molar-refractivity contribution >= 4 is 22.8 Å². The lowest BCUT2D eigenvalue weighted by Crippen LogP contribution is -2.42. The molecule has 0 saturated heterocycles. The summed E-state index contributed by atoms with van der Waals surface area (Å²) in [5, 5.41) is 0. The zero-order valence-corrected chi connectivity index (χ0v) is 21.7. The normalized spacial score (nSPS) is 18.5. The molecule has 1 aromatic heterocycles. The molecule has 192 valence electrons. The monoisotopic (exact) mass is 493 g/mol. The first kappa shape index (κ1) is 24.6. The second-order valence-corrected chi connectivity index (χ2v) is 10.5. The van der Waals surface area contributed by atoms with E-state index < -0.39 is 0 Å². The molecule has 2 aliphatic rings. The van der Waals surface area contributed by atoms with Gasteiger partial charge >= 0.3 is 6.09 Å². The number of methoxy groups -OCH3 is 1. The fourth-order valence-corrected chi connectivity index (χ4v) is 5.88. The molecule has 1 aliphatic carbocycles. The zero-order valence-electron chi connectivity index (χ0n) is 21.7. The van der Waals surface area contributed by atoms with Crippen LogP contribution in [0.4, 0.5) is 14.9 Å². The number of rotatable bonds is 5. The minimum atomic E-state index is -0.346. The highest BCUT2D eigenvalue weighted by Crippen LogP contribution is 2.40. The van der Waals surface area contributed by atoms with Gasteiger partial charge in [-0.05, 0) is 76.3 Å². The Morgan fingerprint density at radius 1 is 1.14 bits per heavy atom. The van der Waals surface area contributed by atoms with Gasteiger partial charge in [0.05, 0.1) is 29.9 Å². The number of anilines is 1. The topological polar surface area (TPSA) is 56.6 Å². The summed E-state index contributed by atoms with van der Waals surface area (Å²) in [7, 11) is 1.42. The van der Waals surface area contributed by atoms with Gasteiger partial charge in [0.1, 0.15) is 5.82 Å². The van der Waals surface area contributed by atoms with Crippen molar-refractivity contribution in [1.82, 2.24) is 9.55 Å². The first-order valence-corrected chi connectivity index (χ1v) is 13.2. The fraction of sp³-hybridized carbons (Fsp3) is 0.517. The minimum absolute atomic E-state index is 0.0665. The van der Waals surface area contributed by atoms with Crippen molar-refractivity contribution in [3.05, 3.63) is 53.1 Å². The molecule has 3 aromatic rings. The maximum absolute atomic E-state index is 14.8. The molecule has 36 heavy (non-hydrogen) atoms. The number of fused-ring (bicyclic) bond motifs is 3. The Labute approximate surface area is 212 Å². The number of benzene rings is 2. The Bertz CT molecular complexity index is 1260. The SMILES string of the molecule is COC(=O)N1c2ccc3c(nc(Cc4ccc(OC(C)C)c(F)c4)n3C3CCCCC3)c2CC[C@@H]1C. The van der Waals surface area contributed by atoms with Crippen LogP contribution in [0, 0.1) is 5.82 Å². The number of nitrogens with zero attached hydrogens (tertiary/aromatic N) is 3. The molecular weight excluding hydrogens is 457 g/mol. The van der Waals surface area contributed by atoms with E-state index in [1.807, 2.05) is 26.0 Å². The van der Waals surface area contributed by atoms with Crippen LogP contribution in [0.5, 0.6) is 5.75 Å². The Hall–Kier alpha value is -3.09. The molecule has 6 nitrogen and oxygen atoms in total. The van der Waals surface area contributed by atoms with Crippen molar-refractivity contribution in [1.29, 1.82) is 0 Å². The van der Waals surface area contributed by atoms with E-state index in [2.05, 4.69) is 17.6 Å². The highest BCUT2D eigenvalue weighted by Gasteiger charge is 2.32. The van der Waals surface area contributed by atoms with E-state index in [9.17, 15) is 9.18 Å². The quantitative estimate of drug-likeness (QED) is 0.385. The average Bonchev–Trinajstić information content (AvgIpc) is 3.23. The highest BCUT2D eigenvalue weighted by atomic mass is 19.1. The van der Waals surface area contributed by atoms with Crippen molar-refractivity contribution in [2.45, 2.75) is 90.3 Å². The van der Waals surface area contributed by atoms with Gasteiger partial charge in [-0.2, -0.15) is 0 Å². The Morgan fingerprint density at radius 2 is 1.92 bits per heavy atom. The van der Waals surface area contributed by atoms with E-state index in [1.54, 1.807) is 17.0 Å². The summed E-state index contributed by atoms with van der Waals surface area (Å²) in [5.41, 5.74) is 4.91. The van der Waals surface area contributed by atoms with Crippen LogP contribution < -0.4 is 9.64 Å². The average molecular weight is 494 g/mol. The number of aromatic nitrogens is 2. The van der Waals surface area contributed by atoms with Crippen LogP contribution in [0.3, 0.4) is 0 Å². The van der Waals surface area contributed by atoms with Crippen molar-refractivity contribution in [2.75, 3.05) is 12.0 Å². The second kappa shape index (κ2) is 10.1. The predicted octanol–water partition coefficient (Wildman–Crippen LogP) is 6.97. The van der Waals surface area contributed by atoms with Gasteiger partial charge < -0.3 is 14.0 Å². The Kier molecular flexibility index (Phi) is 6.91. The molecule has 1 aliphatic heterocycles. The molecule has 0 bridgehead atoms. The Balaban J connectivity index is 1.59. The fourth-order valence-electron chi connectivity index (χ4n) is 5.88. The molecule has 1 atom stereocenters. The van der Waals surface area contributed by atoms with Crippen molar-refractivity contribution in [3.8, 4) is 5.75 Å². The molecule has 0 N–H and O–H groups in total. The van der Waals surface area contributed by atoms with Gasteiger partial charge in [0.2, 0.25) is 0 Å². The first-order valence-electron chi connectivity index (χ1n) is 13.2. The van der Waals surface area contributed by atoms with Gasteiger partial charge in [0.15, 0.2) is 11.6 Å². The van der Waals surface area contributed by atoms with Crippen LogP contribution in [0.2, 0.25) is 0 Å². The standard InChI is InChI=1S/C29H36FN3O3/c1-18(2)36-26-15-11-20(16-23(26)30)17-27-31-28-22-12-10-19(3)32(29(34)35-4)24(22)13-14-25(28)33(27)21-8-6-5-7-9-21/h11,13-16,18-19,21H,5-10,12,17H2,1-4H3/t19-/m0/s1. The lowest BCUT2D eigenvalue weighted by molar-refractivity contribution is 0.175. The summed E-state index contributed by atoms with van der Waals surface area (Å²) >= 11 is 0. The first-order chi connectivity index (χ1) is 17.4. The molecule has 0 unspecified atom stereocenters. The molecule has 0 radical (unpaired) electrons. The number of halogens is 1. The van der Waals surface area contributed by atoms with Crippen molar-refractivity contribution in [2.24, 2.45) is 0 Å². The van der Waals surface area contributed by atoms with E-state index in [1.165, 1.54) is 26.4 Å². The van der Waals surface area contributed by atoms with E-state index in [-0.39, 0.29) is 29.8 Å². The summed E-state index contributed by atoms with van der Waals surface area (Å²) in [4.78, 5) is 19.5. The molecule has 7 heteroatoms. The van der Waals surface area contributed by atoms with E-state index in [0.717, 1.165) is 59.4 Å². The maximum Gasteiger partial charge on any atom is 0.414 e. The third-order valence-electron chi connectivity index (χ3n) is 7.56. The number of carbonyl (C=O) groups excluding carboxylic acids is 1. The lowest BCUT2D eigenvalue weighted by Gasteiger charge is -2.34. The van der Waals surface area contributed by atoms with Crippen LogP contribution in [-0.4, -0.2) is 34.9 Å². The number of hydrogen-bond acceptors (Lipinski definition) is 4. The number of amides is 1. The molecule has 1 fully saturated rings. The van der Waals surface area contributed by atoms with E-state index >= 15 is 0 Å². The summed E-state index contributed by atoms with van der Waals surface area (Å²) in [6, 6.07) is 9.82. The van der Waals surface area contributed by atoms with Crippen LogP contribution in [-0.2, 0) is 17.6 Å². The molecule has 2 aromatic carbocycles. The summed E-state index contributed by atoms with van der Waals surface area (Å²) in [6.45, 7) is 5.84. The summed E-state index contributed by atoms with van der Waals surface area (Å²) < 4.78 is 27.9. The molecule has 1 saturated carbocycles. The molecule has 1 amide bonds. The Morgan fingerprint density at radius 3 is 2.61 bits per heavy atom. The third-order valence-corrected chi connectivity index (χ3v) is 7.56. The van der Waals surface area contributed by atoms with Gasteiger partial charge in [0.25, 0.3) is 0 Å². The van der Waals surface area contributed by atoms with Gasteiger partial charge in [-0.3, -0.25) is 4.90 Å². The second-order valence-electron chi connectivity index (χ2n) is 10.5. The molecule has 2 heterocycles. The lowest BCUT2D eigenvalue weighted by atomic mass is 9.94. The third kappa shape index (κ3) is 4.56. The zero-order chi connectivity index (χ0) is 25.4. The van der Waals surface area contributed by atoms with Crippen LogP contribution in [0.1, 0.15) is 82.3 Å². The van der Waals surface area contributed by atoms with Crippen molar-refractivity contribution in [3.63, 3.8) is 0 Å². The van der Waals surface area contributed by atoms with Crippen LogP contribution >= 0.6 is 0 Å².